The summed E-state index contributed by atoms with van der Waals surface area (Å²) in [5.41, 5.74) is 0.233. The van der Waals surface area contributed by atoms with Crippen molar-refractivity contribution in [1.82, 2.24) is 10.2 Å². The smallest absolute Gasteiger partial charge is 0.234 e. The maximum absolute atomic E-state index is 12.0. The molecule has 4 nitrogen and oxygen atoms in total. The summed E-state index contributed by atoms with van der Waals surface area (Å²) in [6, 6.07) is 7.63. The van der Waals surface area contributed by atoms with Crippen molar-refractivity contribution in [3.8, 4) is 0 Å². The predicted octanol–water partition coefficient (Wildman–Crippen LogP) is 2.69. The van der Waals surface area contributed by atoms with Crippen LogP contribution in [0, 0.1) is 5.92 Å². The van der Waals surface area contributed by atoms with Crippen molar-refractivity contribution in [3.63, 3.8) is 0 Å². The van der Waals surface area contributed by atoms with Gasteiger partial charge in [-0.3, -0.25) is 9.69 Å². The number of benzene rings is 1. The SMILES string of the molecule is CCN(CC(=O)NC[C@@](C)(O)C(C)C)Cc1ccc(Cl)cc1. The van der Waals surface area contributed by atoms with E-state index in [2.05, 4.69) is 5.32 Å². The summed E-state index contributed by atoms with van der Waals surface area (Å²) in [7, 11) is 0. The van der Waals surface area contributed by atoms with Gasteiger partial charge in [-0.25, -0.2) is 0 Å². The fraction of sp³-hybridized carbons (Fsp3) is 0.588. The van der Waals surface area contributed by atoms with Crippen molar-refractivity contribution < 1.29 is 9.90 Å². The van der Waals surface area contributed by atoms with E-state index in [4.69, 9.17) is 11.6 Å². The summed E-state index contributed by atoms with van der Waals surface area (Å²) in [6.45, 7) is 9.68. The molecule has 0 unspecified atom stereocenters. The van der Waals surface area contributed by atoms with Crippen LogP contribution in [0.1, 0.15) is 33.3 Å². The van der Waals surface area contributed by atoms with Crippen molar-refractivity contribution in [2.45, 2.75) is 39.8 Å². The zero-order chi connectivity index (χ0) is 16.8. The van der Waals surface area contributed by atoms with Gasteiger partial charge >= 0.3 is 0 Å². The normalized spacial score (nSPS) is 14.2. The molecule has 1 atom stereocenters. The second-order valence-corrected chi connectivity index (χ2v) is 6.65. The number of hydrogen-bond donors (Lipinski definition) is 2. The number of nitrogens with zero attached hydrogens (tertiary/aromatic N) is 1. The van der Waals surface area contributed by atoms with Gasteiger partial charge in [-0.2, -0.15) is 0 Å². The maximum atomic E-state index is 12.0. The van der Waals surface area contributed by atoms with Crippen LogP contribution in [0.3, 0.4) is 0 Å². The first-order valence-electron chi connectivity index (χ1n) is 7.70. The Balaban J connectivity index is 2.48. The van der Waals surface area contributed by atoms with Crippen molar-refractivity contribution in [2.75, 3.05) is 19.6 Å². The van der Waals surface area contributed by atoms with Crippen LogP contribution in [-0.2, 0) is 11.3 Å². The van der Waals surface area contributed by atoms with Gasteiger partial charge in [0.2, 0.25) is 5.91 Å². The molecule has 0 saturated heterocycles. The molecule has 124 valence electrons. The number of likely N-dealkylation sites (N-methyl/N-ethyl adjacent to an activating group) is 1. The number of carbonyl (C=O) groups is 1. The van der Waals surface area contributed by atoms with Crippen LogP contribution in [-0.4, -0.2) is 41.1 Å². The van der Waals surface area contributed by atoms with E-state index >= 15 is 0 Å². The highest BCUT2D eigenvalue weighted by atomic mass is 35.5. The average molecular weight is 327 g/mol. The van der Waals surface area contributed by atoms with E-state index in [-0.39, 0.29) is 18.4 Å². The number of nitrogens with one attached hydrogen (secondary N) is 1. The second-order valence-electron chi connectivity index (χ2n) is 6.22. The molecule has 0 heterocycles. The number of rotatable bonds is 8. The minimum atomic E-state index is -0.886. The van der Waals surface area contributed by atoms with Crippen molar-refractivity contribution in [3.05, 3.63) is 34.9 Å². The molecule has 1 rings (SSSR count). The quantitative estimate of drug-likeness (QED) is 0.772. The first kappa shape index (κ1) is 18.9. The number of amides is 1. The molecule has 0 fully saturated rings. The minimum Gasteiger partial charge on any atom is -0.388 e. The zero-order valence-corrected chi connectivity index (χ0v) is 14.7. The number of aliphatic hydroxyl groups is 1. The van der Waals surface area contributed by atoms with Gasteiger partial charge in [-0.05, 0) is 37.1 Å². The van der Waals surface area contributed by atoms with Crippen LogP contribution in [0.2, 0.25) is 5.02 Å². The van der Waals surface area contributed by atoms with Gasteiger partial charge in [0.05, 0.1) is 12.1 Å². The molecule has 5 heteroatoms. The summed E-state index contributed by atoms with van der Waals surface area (Å²) in [5.74, 6) is 0.0147. The van der Waals surface area contributed by atoms with E-state index in [9.17, 15) is 9.90 Å². The lowest BCUT2D eigenvalue weighted by Crippen LogP contribution is -2.47. The highest BCUT2D eigenvalue weighted by molar-refractivity contribution is 6.30. The topological polar surface area (TPSA) is 52.6 Å². The van der Waals surface area contributed by atoms with Crippen LogP contribution in [0.15, 0.2) is 24.3 Å². The maximum Gasteiger partial charge on any atom is 0.234 e. The first-order valence-corrected chi connectivity index (χ1v) is 8.08. The average Bonchev–Trinajstić information content (AvgIpc) is 2.46. The van der Waals surface area contributed by atoms with Gasteiger partial charge in [0.25, 0.3) is 0 Å². The molecule has 0 saturated carbocycles. The second kappa shape index (κ2) is 8.51. The summed E-state index contributed by atoms with van der Waals surface area (Å²) in [5, 5.41) is 13.7. The molecule has 0 aliphatic heterocycles. The summed E-state index contributed by atoms with van der Waals surface area (Å²) >= 11 is 5.87. The highest BCUT2D eigenvalue weighted by Gasteiger charge is 2.25. The molecule has 0 radical (unpaired) electrons. The summed E-state index contributed by atoms with van der Waals surface area (Å²) < 4.78 is 0. The summed E-state index contributed by atoms with van der Waals surface area (Å²) in [4.78, 5) is 14.1. The van der Waals surface area contributed by atoms with Crippen LogP contribution < -0.4 is 5.32 Å². The Morgan fingerprint density at radius 2 is 1.95 bits per heavy atom. The third kappa shape index (κ3) is 6.34. The van der Waals surface area contributed by atoms with E-state index in [1.54, 1.807) is 6.92 Å². The molecule has 0 aliphatic rings. The Bertz CT molecular complexity index is 472. The minimum absolute atomic E-state index is 0.0725. The molecular weight excluding hydrogens is 300 g/mol. The van der Waals surface area contributed by atoms with Crippen LogP contribution in [0.4, 0.5) is 0 Å². The van der Waals surface area contributed by atoms with Gasteiger partial charge in [-0.15, -0.1) is 0 Å². The summed E-state index contributed by atoms with van der Waals surface area (Å²) in [6.07, 6.45) is 0. The van der Waals surface area contributed by atoms with E-state index in [1.807, 2.05) is 49.9 Å². The molecule has 22 heavy (non-hydrogen) atoms. The molecule has 1 aromatic carbocycles. The number of halogens is 1. The van der Waals surface area contributed by atoms with Crippen LogP contribution >= 0.6 is 11.6 Å². The lowest BCUT2D eigenvalue weighted by Gasteiger charge is -2.28. The molecule has 0 bridgehead atoms. The Morgan fingerprint density at radius 1 is 1.36 bits per heavy atom. The Hall–Kier alpha value is -1.10. The molecule has 1 aromatic rings. The Morgan fingerprint density at radius 3 is 2.45 bits per heavy atom. The molecule has 0 aromatic heterocycles. The van der Waals surface area contributed by atoms with Gasteiger partial charge in [0.1, 0.15) is 0 Å². The number of carbonyl (C=O) groups excluding carboxylic acids is 1. The van der Waals surface area contributed by atoms with Crippen LogP contribution in [0.5, 0.6) is 0 Å². The molecular formula is C17H27ClN2O2. The third-order valence-corrected chi connectivity index (χ3v) is 4.27. The molecule has 0 spiro atoms. The largest absolute Gasteiger partial charge is 0.388 e. The van der Waals surface area contributed by atoms with Gasteiger partial charge in [0.15, 0.2) is 0 Å². The first-order chi connectivity index (χ1) is 10.2. The Labute approximate surface area is 138 Å². The lowest BCUT2D eigenvalue weighted by molar-refractivity contribution is -0.123. The fourth-order valence-corrected chi connectivity index (χ4v) is 1.99. The molecule has 1 amide bonds. The van der Waals surface area contributed by atoms with Gasteiger partial charge < -0.3 is 10.4 Å². The predicted molar refractivity (Wildman–Crippen MR) is 90.9 cm³/mol. The van der Waals surface area contributed by atoms with Gasteiger partial charge in [-0.1, -0.05) is 44.5 Å². The zero-order valence-electron chi connectivity index (χ0n) is 13.9. The van der Waals surface area contributed by atoms with Crippen molar-refractivity contribution >= 4 is 17.5 Å². The van der Waals surface area contributed by atoms with E-state index in [0.29, 0.717) is 18.1 Å². The standard InChI is InChI=1S/C17H27ClN2O2/c1-5-20(10-14-6-8-15(18)9-7-14)11-16(21)19-12-17(4,22)13(2)3/h6-9,13,22H,5,10-12H2,1-4H3,(H,19,21)/t17-/m1/s1. The van der Waals surface area contributed by atoms with Gasteiger partial charge in [0, 0.05) is 18.1 Å². The van der Waals surface area contributed by atoms with Crippen molar-refractivity contribution in [1.29, 1.82) is 0 Å². The molecule has 2 N–H and O–H groups in total. The Kier molecular flexibility index (Phi) is 7.33. The highest BCUT2D eigenvalue weighted by Crippen LogP contribution is 2.14. The van der Waals surface area contributed by atoms with E-state index in [1.165, 1.54) is 0 Å². The monoisotopic (exact) mass is 326 g/mol. The van der Waals surface area contributed by atoms with E-state index < -0.39 is 5.60 Å². The number of hydrogen-bond acceptors (Lipinski definition) is 3. The van der Waals surface area contributed by atoms with Crippen molar-refractivity contribution in [2.24, 2.45) is 5.92 Å². The third-order valence-electron chi connectivity index (χ3n) is 4.02. The van der Waals surface area contributed by atoms with E-state index in [0.717, 1.165) is 12.1 Å². The lowest BCUT2D eigenvalue weighted by atomic mass is 9.92. The fourth-order valence-electron chi connectivity index (χ4n) is 1.87. The molecule has 0 aliphatic carbocycles. The van der Waals surface area contributed by atoms with Crippen LogP contribution in [0.25, 0.3) is 0 Å².